The van der Waals surface area contributed by atoms with Crippen molar-refractivity contribution in [3.05, 3.63) is 53.6 Å². The van der Waals surface area contributed by atoms with E-state index in [2.05, 4.69) is 50.5 Å². The normalized spacial score (nSPS) is 17.7. The Morgan fingerprint density at radius 2 is 1.14 bits per heavy atom. The molecule has 1 aliphatic rings. The second kappa shape index (κ2) is 18.4. The van der Waals surface area contributed by atoms with Crippen LogP contribution >= 0.6 is 0 Å². The van der Waals surface area contributed by atoms with Crippen LogP contribution in [-0.2, 0) is 12.8 Å². The summed E-state index contributed by atoms with van der Waals surface area (Å²) in [6.07, 6.45) is 29.0. The fourth-order valence-electron chi connectivity index (χ4n) is 5.65. The molecule has 37 heavy (non-hydrogen) atoms. The summed E-state index contributed by atoms with van der Waals surface area (Å²) >= 11 is 0. The van der Waals surface area contributed by atoms with Crippen LogP contribution in [0.25, 0.3) is 0 Å². The van der Waals surface area contributed by atoms with E-state index < -0.39 is 0 Å². The molecule has 3 nitrogen and oxygen atoms in total. The van der Waals surface area contributed by atoms with Gasteiger partial charge in [0.05, 0.1) is 6.61 Å². The average Bonchev–Trinajstić information content (AvgIpc) is 2.94. The van der Waals surface area contributed by atoms with Gasteiger partial charge in [-0.2, -0.15) is 0 Å². The van der Waals surface area contributed by atoms with Crippen LogP contribution in [-0.4, -0.2) is 16.6 Å². The molecule has 0 amide bonds. The van der Waals surface area contributed by atoms with Gasteiger partial charge >= 0.3 is 0 Å². The lowest BCUT2D eigenvalue weighted by Gasteiger charge is -2.27. The van der Waals surface area contributed by atoms with Gasteiger partial charge in [0.25, 0.3) is 0 Å². The quantitative estimate of drug-likeness (QED) is 0.178. The number of aryl methyl sites for hydroxylation is 2. The number of hydrogen-bond donors (Lipinski definition) is 0. The van der Waals surface area contributed by atoms with Crippen LogP contribution in [0, 0.1) is 5.92 Å². The molecule has 1 aromatic carbocycles. The molecule has 0 atom stereocenters. The minimum atomic E-state index is 0.519. The average molecular weight is 507 g/mol. The van der Waals surface area contributed by atoms with E-state index >= 15 is 0 Å². The molecule has 1 saturated carbocycles. The number of hydrogen-bond acceptors (Lipinski definition) is 3. The highest BCUT2D eigenvalue weighted by molar-refractivity contribution is 5.27. The third kappa shape index (κ3) is 12.0. The first-order valence-corrected chi connectivity index (χ1v) is 15.8. The van der Waals surface area contributed by atoms with Gasteiger partial charge in [-0.3, -0.25) is 0 Å². The third-order valence-corrected chi connectivity index (χ3v) is 8.23. The molecule has 2 aromatic rings. The smallest absolute Gasteiger partial charge is 0.131 e. The number of unbranched alkanes of at least 4 members (excludes halogenated alkanes) is 11. The van der Waals surface area contributed by atoms with Gasteiger partial charge in [-0.25, -0.2) is 9.97 Å². The molecule has 0 bridgehead atoms. The van der Waals surface area contributed by atoms with Crippen LogP contribution < -0.4 is 4.74 Å². The van der Waals surface area contributed by atoms with Crippen molar-refractivity contribution in [1.29, 1.82) is 0 Å². The molecular weight excluding hydrogens is 452 g/mol. The standard InChI is InChI=1S/C34H54N2O/c1-3-5-7-8-9-10-11-12-13-15-16-29-20-24-33(25-21-29)37-28-30-18-22-32(23-19-30)34-35-26-31(27-36-34)17-14-6-4-2/h20-21,24-27,30,32H,3-19,22-23,28H2,1-2H3. The summed E-state index contributed by atoms with van der Waals surface area (Å²) in [5.41, 5.74) is 2.73. The van der Waals surface area contributed by atoms with Crippen LogP contribution in [0.3, 0.4) is 0 Å². The van der Waals surface area contributed by atoms with Crippen LogP contribution in [0.5, 0.6) is 5.75 Å². The topological polar surface area (TPSA) is 35.0 Å². The van der Waals surface area contributed by atoms with Crippen LogP contribution in [0.1, 0.15) is 146 Å². The Bertz CT molecular complexity index is 809. The Balaban J connectivity index is 1.24. The van der Waals surface area contributed by atoms with E-state index in [4.69, 9.17) is 14.7 Å². The number of rotatable bonds is 19. The summed E-state index contributed by atoms with van der Waals surface area (Å²) in [6, 6.07) is 8.88. The Hall–Kier alpha value is -1.90. The van der Waals surface area contributed by atoms with Crippen molar-refractivity contribution in [3.63, 3.8) is 0 Å². The predicted octanol–water partition coefficient (Wildman–Crippen LogP) is 10.0. The molecule has 3 rings (SSSR count). The summed E-state index contributed by atoms with van der Waals surface area (Å²) in [6.45, 7) is 5.37. The molecule has 1 heterocycles. The number of nitrogens with zero attached hydrogens (tertiary/aromatic N) is 2. The van der Waals surface area contributed by atoms with Gasteiger partial charge in [0, 0.05) is 18.3 Å². The fraction of sp³-hybridized carbons (Fsp3) is 0.706. The second-order valence-electron chi connectivity index (χ2n) is 11.5. The predicted molar refractivity (Wildman–Crippen MR) is 157 cm³/mol. The fourth-order valence-corrected chi connectivity index (χ4v) is 5.65. The van der Waals surface area contributed by atoms with Crippen molar-refractivity contribution in [2.24, 2.45) is 5.92 Å². The lowest BCUT2D eigenvalue weighted by atomic mass is 9.82. The Kier molecular flexibility index (Phi) is 14.7. The van der Waals surface area contributed by atoms with Crippen molar-refractivity contribution in [2.45, 2.75) is 142 Å². The second-order valence-corrected chi connectivity index (χ2v) is 11.5. The van der Waals surface area contributed by atoms with Gasteiger partial charge < -0.3 is 4.74 Å². The Morgan fingerprint density at radius 3 is 1.76 bits per heavy atom. The van der Waals surface area contributed by atoms with Crippen molar-refractivity contribution >= 4 is 0 Å². The van der Waals surface area contributed by atoms with Gasteiger partial charge in [-0.15, -0.1) is 0 Å². The van der Waals surface area contributed by atoms with E-state index in [1.807, 2.05) is 0 Å². The molecule has 0 N–H and O–H groups in total. The first kappa shape index (κ1) is 29.7. The van der Waals surface area contributed by atoms with E-state index in [9.17, 15) is 0 Å². The summed E-state index contributed by atoms with van der Waals surface area (Å²) < 4.78 is 6.18. The molecule has 1 aliphatic carbocycles. The Morgan fingerprint density at radius 1 is 0.622 bits per heavy atom. The van der Waals surface area contributed by atoms with Gasteiger partial charge in [0.1, 0.15) is 11.6 Å². The molecule has 0 radical (unpaired) electrons. The number of benzene rings is 1. The van der Waals surface area contributed by atoms with Gasteiger partial charge in [-0.05, 0) is 80.5 Å². The van der Waals surface area contributed by atoms with Gasteiger partial charge in [0.15, 0.2) is 0 Å². The summed E-state index contributed by atoms with van der Waals surface area (Å²) in [4.78, 5) is 9.44. The molecule has 3 heteroatoms. The third-order valence-electron chi connectivity index (χ3n) is 8.23. The minimum Gasteiger partial charge on any atom is -0.493 e. The maximum Gasteiger partial charge on any atom is 0.131 e. The number of aromatic nitrogens is 2. The van der Waals surface area contributed by atoms with Crippen LogP contribution in [0.2, 0.25) is 0 Å². The van der Waals surface area contributed by atoms with E-state index in [0.717, 1.165) is 24.6 Å². The first-order valence-electron chi connectivity index (χ1n) is 15.8. The summed E-state index contributed by atoms with van der Waals surface area (Å²) in [5, 5.41) is 0. The molecule has 0 saturated heterocycles. The van der Waals surface area contributed by atoms with E-state index in [1.165, 1.54) is 127 Å². The maximum atomic E-state index is 6.18. The van der Waals surface area contributed by atoms with Gasteiger partial charge in [0.2, 0.25) is 0 Å². The summed E-state index contributed by atoms with van der Waals surface area (Å²) in [7, 11) is 0. The molecule has 0 spiro atoms. The Labute approximate surface area is 228 Å². The zero-order valence-electron chi connectivity index (χ0n) is 24.1. The lowest BCUT2D eigenvalue weighted by molar-refractivity contribution is 0.198. The summed E-state index contributed by atoms with van der Waals surface area (Å²) in [5.74, 6) is 3.24. The van der Waals surface area contributed by atoms with E-state index in [1.54, 1.807) is 0 Å². The SMILES string of the molecule is CCCCCCCCCCCCc1ccc(OCC2CCC(c3ncc(CCCCC)cn3)CC2)cc1. The van der Waals surface area contributed by atoms with Gasteiger partial charge in [-0.1, -0.05) is 96.6 Å². The van der Waals surface area contributed by atoms with Crippen LogP contribution in [0.4, 0.5) is 0 Å². The maximum absolute atomic E-state index is 6.18. The van der Waals surface area contributed by atoms with E-state index in [0.29, 0.717) is 11.8 Å². The lowest BCUT2D eigenvalue weighted by Crippen LogP contribution is -2.20. The molecular formula is C34H54N2O. The zero-order valence-corrected chi connectivity index (χ0v) is 24.1. The number of ether oxygens (including phenoxy) is 1. The van der Waals surface area contributed by atoms with Crippen LogP contribution in [0.15, 0.2) is 36.7 Å². The molecule has 0 aliphatic heterocycles. The van der Waals surface area contributed by atoms with Crippen molar-refractivity contribution in [2.75, 3.05) is 6.61 Å². The highest BCUT2D eigenvalue weighted by Gasteiger charge is 2.24. The zero-order chi connectivity index (χ0) is 26.0. The first-order chi connectivity index (χ1) is 18.3. The monoisotopic (exact) mass is 506 g/mol. The highest BCUT2D eigenvalue weighted by Crippen LogP contribution is 2.34. The largest absolute Gasteiger partial charge is 0.493 e. The molecule has 0 unspecified atom stereocenters. The van der Waals surface area contributed by atoms with Crippen molar-refractivity contribution < 1.29 is 4.74 Å². The molecule has 206 valence electrons. The van der Waals surface area contributed by atoms with Crippen molar-refractivity contribution in [1.82, 2.24) is 9.97 Å². The molecule has 1 aromatic heterocycles. The highest BCUT2D eigenvalue weighted by atomic mass is 16.5. The molecule has 1 fully saturated rings. The van der Waals surface area contributed by atoms with Crippen molar-refractivity contribution in [3.8, 4) is 5.75 Å². The van der Waals surface area contributed by atoms with E-state index in [-0.39, 0.29) is 0 Å². The minimum absolute atomic E-state index is 0.519.